The van der Waals surface area contributed by atoms with Crippen LogP contribution in [0, 0.1) is 5.82 Å². The molecule has 3 aromatic rings. The zero-order valence-electron chi connectivity index (χ0n) is 18.9. The second kappa shape index (κ2) is 8.37. The fourth-order valence-electron chi connectivity index (χ4n) is 4.63. The molecular weight excluding hydrogens is 407 g/mol. The van der Waals surface area contributed by atoms with Gasteiger partial charge in [-0.3, -0.25) is 9.88 Å². The first-order valence-corrected chi connectivity index (χ1v) is 10.8. The summed E-state index contributed by atoms with van der Waals surface area (Å²) in [7, 11) is 0. The summed E-state index contributed by atoms with van der Waals surface area (Å²) in [6.07, 6.45) is 7.25. The third-order valence-electron chi connectivity index (χ3n) is 6.22. The Bertz CT molecular complexity index is 1050. The highest BCUT2D eigenvalue weighted by Gasteiger charge is 2.49. The highest BCUT2D eigenvalue weighted by Crippen LogP contribution is 2.50. The van der Waals surface area contributed by atoms with Crippen molar-refractivity contribution < 1.29 is 13.9 Å². The van der Waals surface area contributed by atoms with Crippen molar-refractivity contribution in [3.63, 3.8) is 0 Å². The first kappa shape index (κ1) is 22.0. The summed E-state index contributed by atoms with van der Waals surface area (Å²) in [5.74, 6) is 0.352. The Hall–Kier alpha value is -3.22. The van der Waals surface area contributed by atoms with Crippen molar-refractivity contribution in [3.05, 3.63) is 84.0 Å². The van der Waals surface area contributed by atoms with Gasteiger partial charge in [0, 0.05) is 42.7 Å². The van der Waals surface area contributed by atoms with Crippen LogP contribution in [0.5, 0.6) is 0 Å². The molecule has 3 atom stereocenters. The van der Waals surface area contributed by atoms with Crippen LogP contribution in [0.4, 0.5) is 9.18 Å². The highest BCUT2D eigenvalue weighted by molar-refractivity contribution is 5.69. The van der Waals surface area contributed by atoms with Crippen LogP contribution >= 0.6 is 0 Å². The van der Waals surface area contributed by atoms with Crippen LogP contribution in [0.15, 0.2) is 61.2 Å². The van der Waals surface area contributed by atoms with Crippen LogP contribution in [0.25, 0.3) is 0 Å². The molecule has 1 N–H and O–H groups in total. The monoisotopic (exact) mass is 436 g/mol. The standard InChI is InChI=1S/C25H29FN4O2/c1-24(2,3)32-23(31)30-16-20(17-5-7-19(26)8-6-17)25(4,18-9-11-27-12-10-18)15-21(30)22-28-13-14-29-22/h5-14,20-21H,15-16H2,1-4H3,(H,28,29). The number of benzene rings is 1. The Kier molecular flexibility index (Phi) is 5.75. The molecule has 0 bridgehead atoms. The summed E-state index contributed by atoms with van der Waals surface area (Å²) >= 11 is 0. The van der Waals surface area contributed by atoms with Crippen LogP contribution < -0.4 is 0 Å². The maximum atomic E-state index is 13.7. The number of hydrogen-bond acceptors (Lipinski definition) is 4. The first-order chi connectivity index (χ1) is 15.2. The van der Waals surface area contributed by atoms with Crippen molar-refractivity contribution in [2.75, 3.05) is 6.54 Å². The molecule has 3 unspecified atom stereocenters. The van der Waals surface area contributed by atoms with Gasteiger partial charge in [-0.25, -0.2) is 14.2 Å². The van der Waals surface area contributed by atoms with Gasteiger partial charge in [-0.1, -0.05) is 19.1 Å². The van der Waals surface area contributed by atoms with Gasteiger partial charge in [-0.15, -0.1) is 0 Å². The second-order valence-electron chi connectivity index (χ2n) is 9.58. The Morgan fingerprint density at radius 1 is 1.16 bits per heavy atom. The third-order valence-corrected chi connectivity index (χ3v) is 6.22. The van der Waals surface area contributed by atoms with Gasteiger partial charge >= 0.3 is 6.09 Å². The highest BCUT2D eigenvalue weighted by atomic mass is 19.1. The molecule has 2 aromatic heterocycles. The lowest BCUT2D eigenvalue weighted by Gasteiger charge is -2.50. The van der Waals surface area contributed by atoms with E-state index < -0.39 is 5.60 Å². The number of nitrogens with zero attached hydrogens (tertiary/aromatic N) is 3. The second-order valence-corrected chi connectivity index (χ2v) is 9.58. The maximum absolute atomic E-state index is 13.7. The lowest BCUT2D eigenvalue weighted by atomic mass is 9.63. The fraction of sp³-hybridized carbons (Fsp3) is 0.400. The average molecular weight is 437 g/mol. The molecule has 1 fully saturated rings. The van der Waals surface area contributed by atoms with E-state index in [0.29, 0.717) is 18.8 Å². The molecule has 1 aliphatic rings. The number of carbonyl (C=O) groups excluding carboxylic acids is 1. The molecule has 0 spiro atoms. The van der Waals surface area contributed by atoms with Gasteiger partial charge < -0.3 is 9.72 Å². The molecule has 0 radical (unpaired) electrons. The molecule has 1 aromatic carbocycles. The Morgan fingerprint density at radius 3 is 2.44 bits per heavy atom. The van der Waals surface area contributed by atoms with Crippen LogP contribution in [0.3, 0.4) is 0 Å². The molecule has 4 rings (SSSR count). The van der Waals surface area contributed by atoms with Crippen molar-refractivity contribution in [2.24, 2.45) is 0 Å². The normalized spacial score (nSPS) is 23.7. The fourth-order valence-corrected chi connectivity index (χ4v) is 4.63. The predicted molar refractivity (Wildman–Crippen MR) is 120 cm³/mol. The van der Waals surface area contributed by atoms with Crippen LogP contribution in [-0.2, 0) is 10.2 Å². The molecular formula is C25H29FN4O2. The summed E-state index contributed by atoms with van der Waals surface area (Å²) in [5.41, 5.74) is 1.11. The number of hydrogen-bond donors (Lipinski definition) is 1. The van der Waals surface area contributed by atoms with Gasteiger partial charge in [-0.05, 0) is 62.6 Å². The molecule has 3 heterocycles. The van der Waals surface area contributed by atoms with E-state index in [1.165, 1.54) is 12.1 Å². The van der Waals surface area contributed by atoms with E-state index in [1.807, 2.05) is 32.9 Å². The van der Waals surface area contributed by atoms with Gasteiger partial charge in [0.05, 0.1) is 6.04 Å². The molecule has 32 heavy (non-hydrogen) atoms. The summed E-state index contributed by atoms with van der Waals surface area (Å²) in [5, 5.41) is 0. The van der Waals surface area contributed by atoms with E-state index in [1.54, 1.807) is 41.8 Å². The number of carbonyl (C=O) groups is 1. The molecule has 0 aliphatic carbocycles. The largest absolute Gasteiger partial charge is 0.444 e. The van der Waals surface area contributed by atoms with Gasteiger partial charge in [0.1, 0.15) is 17.2 Å². The number of piperidine rings is 1. The number of rotatable bonds is 3. The van der Waals surface area contributed by atoms with E-state index in [-0.39, 0.29) is 29.3 Å². The number of imidazole rings is 1. The summed E-state index contributed by atoms with van der Waals surface area (Å²) in [6.45, 7) is 8.17. The number of nitrogens with one attached hydrogen (secondary N) is 1. The topological polar surface area (TPSA) is 71.1 Å². The minimum absolute atomic E-state index is 0.0794. The number of halogens is 1. The first-order valence-electron chi connectivity index (χ1n) is 10.8. The van der Waals surface area contributed by atoms with Gasteiger partial charge in [0.15, 0.2) is 0 Å². The number of likely N-dealkylation sites (tertiary alicyclic amines) is 1. The number of aromatic amines is 1. The van der Waals surface area contributed by atoms with E-state index in [4.69, 9.17) is 4.74 Å². The minimum atomic E-state index is -0.623. The number of H-pyrrole nitrogens is 1. The number of ether oxygens (including phenoxy) is 1. The molecule has 168 valence electrons. The molecule has 1 amide bonds. The quantitative estimate of drug-likeness (QED) is 0.599. The Morgan fingerprint density at radius 2 is 1.84 bits per heavy atom. The zero-order chi connectivity index (χ0) is 22.9. The molecule has 6 nitrogen and oxygen atoms in total. The van der Waals surface area contributed by atoms with E-state index in [9.17, 15) is 9.18 Å². The van der Waals surface area contributed by atoms with E-state index >= 15 is 0 Å². The van der Waals surface area contributed by atoms with Crippen molar-refractivity contribution in [2.45, 2.75) is 57.1 Å². The summed E-state index contributed by atoms with van der Waals surface area (Å²) < 4.78 is 19.5. The molecule has 1 aliphatic heterocycles. The van der Waals surface area contributed by atoms with Crippen molar-refractivity contribution in [1.29, 1.82) is 0 Å². The lowest BCUT2D eigenvalue weighted by Crippen LogP contribution is -2.52. The predicted octanol–water partition coefficient (Wildman–Crippen LogP) is 5.37. The summed E-state index contributed by atoms with van der Waals surface area (Å²) in [4.78, 5) is 26.9. The number of aromatic nitrogens is 3. The number of amides is 1. The van der Waals surface area contributed by atoms with Crippen LogP contribution in [0.1, 0.15) is 63.0 Å². The molecule has 1 saturated heterocycles. The van der Waals surface area contributed by atoms with Crippen LogP contribution in [-0.4, -0.2) is 38.1 Å². The maximum Gasteiger partial charge on any atom is 0.410 e. The number of pyridine rings is 1. The zero-order valence-corrected chi connectivity index (χ0v) is 18.9. The van der Waals surface area contributed by atoms with Gasteiger partial charge in [0.2, 0.25) is 0 Å². The van der Waals surface area contributed by atoms with E-state index in [0.717, 1.165) is 11.1 Å². The third kappa shape index (κ3) is 4.38. The van der Waals surface area contributed by atoms with Gasteiger partial charge in [0.25, 0.3) is 0 Å². The van der Waals surface area contributed by atoms with Crippen LogP contribution in [0.2, 0.25) is 0 Å². The molecule has 0 saturated carbocycles. The summed E-state index contributed by atoms with van der Waals surface area (Å²) in [6, 6.07) is 10.3. The van der Waals surface area contributed by atoms with Crippen molar-refractivity contribution >= 4 is 6.09 Å². The lowest BCUT2D eigenvalue weighted by molar-refractivity contribution is -0.00396. The van der Waals surface area contributed by atoms with Gasteiger partial charge in [-0.2, -0.15) is 0 Å². The van der Waals surface area contributed by atoms with Crippen molar-refractivity contribution in [3.8, 4) is 0 Å². The SMILES string of the molecule is CC(C)(C)OC(=O)N1CC(c2ccc(F)cc2)C(C)(c2ccncc2)CC1c1ncc[nH]1. The Labute approximate surface area is 187 Å². The van der Waals surface area contributed by atoms with E-state index in [2.05, 4.69) is 21.9 Å². The smallest absolute Gasteiger partial charge is 0.410 e. The van der Waals surface area contributed by atoms with Crippen molar-refractivity contribution in [1.82, 2.24) is 19.9 Å². The minimum Gasteiger partial charge on any atom is -0.444 e. The molecule has 7 heteroatoms. The average Bonchev–Trinajstić information content (AvgIpc) is 3.28. The Balaban J connectivity index is 1.81.